The first-order valence-electron chi connectivity index (χ1n) is 6.01. The van der Waals surface area contributed by atoms with Crippen LogP contribution in [0.15, 0.2) is 40.6 Å². The Labute approximate surface area is 118 Å². The van der Waals surface area contributed by atoms with Crippen molar-refractivity contribution < 1.29 is 9.84 Å². The van der Waals surface area contributed by atoms with Crippen LogP contribution >= 0.6 is 0 Å². The highest BCUT2D eigenvalue weighted by Gasteiger charge is 2.05. The zero-order valence-corrected chi connectivity index (χ0v) is 11.0. The Balaban J connectivity index is 1.97. The van der Waals surface area contributed by atoms with Gasteiger partial charge in [0.1, 0.15) is 11.7 Å². The quantitative estimate of drug-likeness (QED) is 0.690. The van der Waals surface area contributed by atoms with E-state index in [-0.39, 0.29) is 11.3 Å². The van der Waals surface area contributed by atoms with Crippen LogP contribution in [0, 0.1) is 0 Å². The second-order valence-electron chi connectivity index (χ2n) is 4.20. The molecule has 2 N–H and O–H groups in total. The molecule has 8 nitrogen and oxygen atoms in total. The van der Waals surface area contributed by atoms with Crippen molar-refractivity contribution in [3.05, 3.63) is 46.6 Å². The van der Waals surface area contributed by atoms with Gasteiger partial charge in [0.15, 0.2) is 17.1 Å². The second kappa shape index (κ2) is 5.08. The molecule has 0 unspecified atom stereocenters. The van der Waals surface area contributed by atoms with Gasteiger partial charge in [-0.15, -0.1) is 0 Å². The third kappa shape index (κ3) is 2.34. The lowest BCUT2D eigenvalue weighted by molar-refractivity contribution is 0.373. The number of methoxy groups -OCH3 is 1. The highest BCUT2D eigenvalue weighted by Crippen LogP contribution is 2.25. The van der Waals surface area contributed by atoms with Crippen molar-refractivity contribution in [2.24, 2.45) is 5.10 Å². The van der Waals surface area contributed by atoms with Crippen LogP contribution < -0.4 is 10.3 Å². The van der Waals surface area contributed by atoms with Crippen molar-refractivity contribution in [2.75, 3.05) is 7.11 Å². The summed E-state index contributed by atoms with van der Waals surface area (Å²) >= 11 is 0. The molecule has 0 radical (unpaired) electrons. The number of aromatic hydroxyl groups is 1. The Kier molecular flexibility index (Phi) is 3.11. The van der Waals surface area contributed by atoms with E-state index in [0.29, 0.717) is 22.3 Å². The summed E-state index contributed by atoms with van der Waals surface area (Å²) in [5.74, 6) is 0.364. The minimum atomic E-state index is -0.323. The molecule has 0 aliphatic carbocycles. The maximum atomic E-state index is 12.1. The van der Waals surface area contributed by atoms with Gasteiger partial charge in [0, 0.05) is 0 Å². The summed E-state index contributed by atoms with van der Waals surface area (Å²) in [4.78, 5) is 16.1. The van der Waals surface area contributed by atoms with E-state index in [1.54, 1.807) is 12.1 Å². The zero-order chi connectivity index (χ0) is 14.8. The largest absolute Gasteiger partial charge is 0.504 e. The lowest BCUT2D eigenvalue weighted by atomic mass is 10.2. The number of phenolic OH excluding ortho intramolecular Hbond substituents is 1. The summed E-state index contributed by atoms with van der Waals surface area (Å²) in [5, 5.41) is 20.3. The van der Waals surface area contributed by atoms with Gasteiger partial charge in [-0.3, -0.25) is 9.89 Å². The molecule has 21 heavy (non-hydrogen) atoms. The lowest BCUT2D eigenvalue weighted by Gasteiger charge is -2.03. The predicted molar refractivity (Wildman–Crippen MR) is 75.8 cm³/mol. The standard InChI is InChI=1S/C13H11N5O3/c1-21-11-4-8(2-3-10(11)19)5-16-18-7-14-12-9(13(18)20)6-15-17-12/h2-7,19H,1H3,(H,15,17)/b16-5+. The van der Waals surface area contributed by atoms with Gasteiger partial charge in [-0.05, 0) is 23.8 Å². The number of aromatic amines is 1. The summed E-state index contributed by atoms with van der Waals surface area (Å²) in [6.45, 7) is 0. The number of hydrogen-bond donors (Lipinski definition) is 2. The normalized spacial score (nSPS) is 11.3. The molecule has 0 spiro atoms. The molecule has 0 atom stereocenters. The second-order valence-corrected chi connectivity index (χ2v) is 4.20. The highest BCUT2D eigenvalue weighted by atomic mass is 16.5. The van der Waals surface area contributed by atoms with Crippen LogP contribution in [-0.4, -0.2) is 38.3 Å². The molecule has 2 aromatic heterocycles. The first kappa shape index (κ1) is 12.9. The molecule has 106 valence electrons. The fraction of sp³-hybridized carbons (Fsp3) is 0.0769. The van der Waals surface area contributed by atoms with E-state index in [1.165, 1.54) is 31.9 Å². The molecule has 0 saturated heterocycles. The van der Waals surface area contributed by atoms with E-state index in [9.17, 15) is 9.90 Å². The molecule has 0 saturated carbocycles. The van der Waals surface area contributed by atoms with Gasteiger partial charge in [-0.1, -0.05) is 0 Å². The third-order valence-corrected chi connectivity index (χ3v) is 2.89. The van der Waals surface area contributed by atoms with Gasteiger partial charge in [-0.2, -0.15) is 14.9 Å². The van der Waals surface area contributed by atoms with E-state index >= 15 is 0 Å². The Morgan fingerprint density at radius 1 is 1.48 bits per heavy atom. The fourth-order valence-electron chi connectivity index (χ4n) is 1.81. The SMILES string of the molecule is COc1cc(/C=N/n2cnc3[nH]ncc3c2=O)ccc1O. The molecule has 3 aromatic rings. The summed E-state index contributed by atoms with van der Waals surface area (Å²) in [6, 6.07) is 4.74. The summed E-state index contributed by atoms with van der Waals surface area (Å²) in [5.41, 5.74) is 0.761. The minimum absolute atomic E-state index is 0.0355. The van der Waals surface area contributed by atoms with Gasteiger partial charge in [0.05, 0.1) is 19.5 Å². The fourth-order valence-corrected chi connectivity index (χ4v) is 1.81. The predicted octanol–water partition coefficient (Wildman–Crippen LogP) is 0.716. The number of nitrogens with zero attached hydrogens (tertiary/aromatic N) is 4. The van der Waals surface area contributed by atoms with Gasteiger partial charge < -0.3 is 9.84 Å². The topological polar surface area (TPSA) is 105 Å². The van der Waals surface area contributed by atoms with E-state index in [0.717, 1.165) is 4.68 Å². The van der Waals surface area contributed by atoms with E-state index in [2.05, 4.69) is 20.3 Å². The van der Waals surface area contributed by atoms with Crippen molar-refractivity contribution >= 4 is 17.2 Å². The number of fused-ring (bicyclic) bond motifs is 1. The number of ether oxygens (including phenoxy) is 1. The number of aromatic nitrogens is 4. The molecule has 0 aliphatic rings. The number of rotatable bonds is 3. The van der Waals surface area contributed by atoms with Crippen molar-refractivity contribution in [3.63, 3.8) is 0 Å². The monoisotopic (exact) mass is 285 g/mol. The van der Waals surface area contributed by atoms with Crippen LogP contribution in [0.4, 0.5) is 0 Å². The smallest absolute Gasteiger partial charge is 0.285 e. The maximum Gasteiger partial charge on any atom is 0.285 e. The lowest BCUT2D eigenvalue weighted by Crippen LogP contribution is -2.16. The number of benzene rings is 1. The Morgan fingerprint density at radius 2 is 2.33 bits per heavy atom. The summed E-state index contributed by atoms with van der Waals surface area (Å²) < 4.78 is 6.11. The third-order valence-electron chi connectivity index (χ3n) is 2.89. The van der Waals surface area contributed by atoms with E-state index in [1.807, 2.05) is 0 Å². The van der Waals surface area contributed by atoms with Crippen molar-refractivity contribution in [3.8, 4) is 11.5 Å². The van der Waals surface area contributed by atoms with Gasteiger partial charge in [0.25, 0.3) is 5.56 Å². The highest BCUT2D eigenvalue weighted by molar-refractivity contribution is 5.81. The summed E-state index contributed by atoms with van der Waals surface area (Å²) in [6.07, 6.45) is 4.17. The number of H-pyrrole nitrogens is 1. The van der Waals surface area contributed by atoms with Gasteiger partial charge in [-0.25, -0.2) is 4.98 Å². The zero-order valence-electron chi connectivity index (χ0n) is 11.0. The first-order valence-corrected chi connectivity index (χ1v) is 6.01. The number of hydrogen-bond acceptors (Lipinski definition) is 6. The molecular weight excluding hydrogens is 274 g/mol. The molecule has 0 fully saturated rings. The van der Waals surface area contributed by atoms with Crippen molar-refractivity contribution in [1.82, 2.24) is 19.9 Å². The summed E-state index contributed by atoms with van der Waals surface area (Å²) in [7, 11) is 1.46. The molecular formula is C13H11N5O3. The molecule has 1 aromatic carbocycles. The first-order chi connectivity index (χ1) is 10.2. The molecule has 0 aliphatic heterocycles. The van der Waals surface area contributed by atoms with Gasteiger partial charge in [0.2, 0.25) is 0 Å². The van der Waals surface area contributed by atoms with Crippen LogP contribution in [0.3, 0.4) is 0 Å². The van der Waals surface area contributed by atoms with Crippen molar-refractivity contribution in [2.45, 2.75) is 0 Å². The van der Waals surface area contributed by atoms with Crippen LogP contribution in [0.2, 0.25) is 0 Å². The van der Waals surface area contributed by atoms with Crippen LogP contribution in [0.25, 0.3) is 11.0 Å². The molecule has 2 heterocycles. The van der Waals surface area contributed by atoms with E-state index < -0.39 is 0 Å². The molecule has 0 bridgehead atoms. The molecule has 8 heteroatoms. The Hall–Kier alpha value is -3.16. The number of nitrogens with one attached hydrogen (secondary N) is 1. The molecule has 0 amide bonds. The van der Waals surface area contributed by atoms with E-state index in [4.69, 9.17) is 4.74 Å². The average Bonchev–Trinajstić information content (AvgIpc) is 2.97. The molecule has 3 rings (SSSR count). The average molecular weight is 285 g/mol. The Bertz CT molecular complexity index is 881. The maximum absolute atomic E-state index is 12.1. The Morgan fingerprint density at radius 3 is 3.14 bits per heavy atom. The minimum Gasteiger partial charge on any atom is -0.504 e. The van der Waals surface area contributed by atoms with Crippen molar-refractivity contribution in [1.29, 1.82) is 0 Å². The van der Waals surface area contributed by atoms with Gasteiger partial charge >= 0.3 is 0 Å². The van der Waals surface area contributed by atoms with Crippen LogP contribution in [-0.2, 0) is 0 Å². The number of phenols is 1. The van der Waals surface area contributed by atoms with Crippen LogP contribution in [0.5, 0.6) is 11.5 Å². The van der Waals surface area contributed by atoms with Crippen LogP contribution in [0.1, 0.15) is 5.56 Å².